The molecule has 0 unspecified atom stereocenters. The molecule has 168 valence electrons. The molecule has 1 saturated heterocycles. The molecule has 2 amide bonds. The molecule has 0 aromatic heterocycles. The van der Waals surface area contributed by atoms with Gasteiger partial charge in [-0.15, -0.1) is 0 Å². The number of hydrogen-bond acceptors (Lipinski definition) is 6. The fourth-order valence-corrected chi connectivity index (χ4v) is 3.43. The van der Waals surface area contributed by atoms with Crippen LogP contribution in [0, 0.1) is 19.8 Å². The van der Waals surface area contributed by atoms with Crippen molar-refractivity contribution >= 4 is 35.1 Å². The number of rotatable bonds is 7. The highest BCUT2D eigenvalue weighted by atomic mass is 16.5. The van der Waals surface area contributed by atoms with Gasteiger partial charge >= 0.3 is 11.9 Å². The van der Waals surface area contributed by atoms with Crippen LogP contribution in [0.3, 0.4) is 0 Å². The van der Waals surface area contributed by atoms with Crippen molar-refractivity contribution in [3.63, 3.8) is 0 Å². The SMILES string of the molecule is CCOC(=O)c1ccc(N2C[C@H](C(=O)OCC(=O)Nc3cccc(C)c3C)CC2=O)cc1. The van der Waals surface area contributed by atoms with Crippen LogP contribution in [0.25, 0.3) is 0 Å². The van der Waals surface area contributed by atoms with Gasteiger partial charge in [0.05, 0.1) is 18.1 Å². The Labute approximate surface area is 186 Å². The Morgan fingerprint density at radius 1 is 1.06 bits per heavy atom. The van der Waals surface area contributed by atoms with E-state index in [1.165, 1.54) is 4.90 Å². The normalized spacial score (nSPS) is 15.4. The quantitative estimate of drug-likeness (QED) is 0.667. The second-order valence-electron chi connectivity index (χ2n) is 7.58. The zero-order valence-corrected chi connectivity index (χ0v) is 18.3. The molecule has 1 aliphatic heterocycles. The fraction of sp³-hybridized carbons (Fsp3) is 0.333. The summed E-state index contributed by atoms with van der Waals surface area (Å²) in [6.45, 7) is 5.56. The van der Waals surface area contributed by atoms with E-state index in [9.17, 15) is 19.2 Å². The van der Waals surface area contributed by atoms with E-state index >= 15 is 0 Å². The Morgan fingerprint density at radius 3 is 2.47 bits per heavy atom. The first kappa shape index (κ1) is 23.0. The highest BCUT2D eigenvalue weighted by Gasteiger charge is 2.36. The van der Waals surface area contributed by atoms with Crippen molar-refractivity contribution < 1.29 is 28.7 Å². The van der Waals surface area contributed by atoms with Crippen molar-refractivity contribution in [2.45, 2.75) is 27.2 Å². The predicted octanol–water partition coefficient (Wildman–Crippen LogP) is 3.01. The number of carbonyl (C=O) groups is 4. The largest absolute Gasteiger partial charge is 0.462 e. The molecule has 0 saturated carbocycles. The molecule has 1 heterocycles. The number of nitrogens with zero attached hydrogens (tertiary/aromatic N) is 1. The maximum absolute atomic E-state index is 12.4. The molecule has 8 heteroatoms. The molecule has 2 aromatic rings. The molecule has 32 heavy (non-hydrogen) atoms. The maximum Gasteiger partial charge on any atom is 0.338 e. The number of amides is 2. The van der Waals surface area contributed by atoms with Crippen LogP contribution in [0.4, 0.5) is 11.4 Å². The standard InChI is InChI=1S/C24H26N2O6/c1-4-31-23(29)17-8-10-19(11-9-17)26-13-18(12-22(26)28)24(30)32-14-21(27)25-20-7-5-6-15(2)16(20)3/h5-11,18H,4,12-14H2,1-3H3,(H,25,27)/t18-/m1/s1. The highest BCUT2D eigenvalue weighted by molar-refractivity contribution is 6.00. The number of esters is 2. The van der Waals surface area contributed by atoms with E-state index in [0.29, 0.717) is 16.9 Å². The lowest BCUT2D eigenvalue weighted by molar-refractivity contribution is -0.151. The van der Waals surface area contributed by atoms with Gasteiger partial charge in [-0.2, -0.15) is 0 Å². The fourth-order valence-electron chi connectivity index (χ4n) is 3.43. The molecular weight excluding hydrogens is 412 g/mol. The molecule has 0 spiro atoms. The first-order valence-corrected chi connectivity index (χ1v) is 10.4. The van der Waals surface area contributed by atoms with Crippen LogP contribution in [0.2, 0.25) is 0 Å². The summed E-state index contributed by atoms with van der Waals surface area (Å²) in [6, 6.07) is 12.0. The molecule has 0 bridgehead atoms. The number of ether oxygens (including phenoxy) is 2. The molecule has 1 atom stereocenters. The minimum atomic E-state index is -0.666. The van der Waals surface area contributed by atoms with Gasteiger partial charge in [-0.3, -0.25) is 14.4 Å². The van der Waals surface area contributed by atoms with Crippen molar-refractivity contribution in [2.24, 2.45) is 5.92 Å². The van der Waals surface area contributed by atoms with Gasteiger partial charge in [0.15, 0.2) is 6.61 Å². The number of benzene rings is 2. The number of carbonyl (C=O) groups excluding carboxylic acids is 4. The van der Waals surface area contributed by atoms with Crippen LogP contribution in [0.1, 0.15) is 34.8 Å². The Kier molecular flexibility index (Phi) is 7.25. The summed E-state index contributed by atoms with van der Waals surface area (Å²) in [4.78, 5) is 50.2. The van der Waals surface area contributed by atoms with Crippen molar-refractivity contribution in [1.29, 1.82) is 0 Å². The van der Waals surface area contributed by atoms with Crippen LogP contribution < -0.4 is 10.2 Å². The zero-order valence-electron chi connectivity index (χ0n) is 18.3. The third-order valence-electron chi connectivity index (χ3n) is 5.37. The van der Waals surface area contributed by atoms with E-state index in [2.05, 4.69) is 5.32 Å². The van der Waals surface area contributed by atoms with Crippen LogP contribution in [0.15, 0.2) is 42.5 Å². The van der Waals surface area contributed by atoms with Gasteiger partial charge in [0.2, 0.25) is 5.91 Å². The molecule has 8 nitrogen and oxygen atoms in total. The molecular formula is C24H26N2O6. The van der Waals surface area contributed by atoms with Gasteiger partial charge in [0.25, 0.3) is 5.91 Å². The first-order valence-electron chi connectivity index (χ1n) is 10.4. The molecule has 1 N–H and O–H groups in total. The summed E-state index contributed by atoms with van der Waals surface area (Å²) >= 11 is 0. The lowest BCUT2D eigenvalue weighted by Crippen LogP contribution is -2.28. The lowest BCUT2D eigenvalue weighted by Gasteiger charge is -2.17. The van der Waals surface area contributed by atoms with Crippen molar-refractivity contribution in [1.82, 2.24) is 0 Å². The van der Waals surface area contributed by atoms with E-state index in [1.54, 1.807) is 37.3 Å². The number of nitrogens with one attached hydrogen (secondary N) is 1. The molecule has 3 rings (SSSR count). The molecule has 1 fully saturated rings. The number of anilines is 2. The average molecular weight is 438 g/mol. The van der Waals surface area contributed by atoms with Crippen LogP contribution >= 0.6 is 0 Å². The van der Waals surface area contributed by atoms with Crippen LogP contribution in [0.5, 0.6) is 0 Å². The monoisotopic (exact) mass is 438 g/mol. The summed E-state index contributed by atoms with van der Waals surface area (Å²) < 4.78 is 10.1. The number of hydrogen-bond donors (Lipinski definition) is 1. The van der Waals surface area contributed by atoms with Gasteiger partial charge in [-0.1, -0.05) is 12.1 Å². The van der Waals surface area contributed by atoms with Gasteiger partial charge in [0.1, 0.15) is 0 Å². The molecule has 1 aliphatic rings. The second-order valence-corrected chi connectivity index (χ2v) is 7.58. The summed E-state index contributed by atoms with van der Waals surface area (Å²) in [5.74, 6) is -2.37. The van der Waals surface area contributed by atoms with E-state index in [1.807, 2.05) is 26.0 Å². The van der Waals surface area contributed by atoms with Crippen molar-refractivity contribution in [3.05, 3.63) is 59.2 Å². The summed E-state index contributed by atoms with van der Waals surface area (Å²) in [5, 5.41) is 2.73. The average Bonchev–Trinajstić information content (AvgIpc) is 3.17. The Morgan fingerprint density at radius 2 is 1.78 bits per heavy atom. The third kappa shape index (κ3) is 5.32. The maximum atomic E-state index is 12.4. The van der Waals surface area contributed by atoms with E-state index < -0.39 is 30.4 Å². The Balaban J connectivity index is 1.54. The van der Waals surface area contributed by atoms with Crippen LogP contribution in [-0.2, 0) is 23.9 Å². The van der Waals surface area contributed by atoms with Crippen molar-refractivity contribution in [2.75, 3.05) is 30.0 Å². The van der Waals surface area contributed by atoms with E-state index in [0.717, 1.165) is 11.1 Å². The van der Waals surface area contributed by atoms with Gasteiger partial charge in [0, 0.05) is 24.3 Å². The lowest BCUT2D eigenvalue weighted by atomic mass is 10.1. The minimum absolute atomic E-state index is 0.00291. The Bertz CT molecular complexity index is 1030. The zero-order chi connectivity index (χ0) is 23.3. The minimum Gasteiger partial charge on any atom is -0.462 e. The highest BCUT2D eigenvalue weighted by Crippen LogP contribution is 2.26. The van der Waals surface area contributed by atoms with Crippen LogP contribution in [-0.4, -0.2) is 43.5 Å². The Hall–Kier alpha value is -3.68. The van der Waals surface area contributed by atoms with Gasteiger partial charge in [-0.05, 0) is 62.2 Å². The summed E-state index contributed by atoms with van der Waals surface area (Å²) in [5.41, 5.74) is 3.61. The predicted molar refractivity (Wildman–Crippen MR) is 118 cm³/mol. The molecule has 0 aliphatic carbocycles. The van der Waals surface area contributed by atoms with E-state index in [4.69, 9.17) is 9.47 Å². The van der Waals surface area contributed by atoms with Crippen molar-refractivity contribution in [3.8, 4) is 0 Å². The van der Waals surface area contributed by atoms with E-state index in [-0.39, 0.29) is 25.5 Å². The third-order valence-corrected chi connectivity index (χ3v) is 5.37. The van der Waals surface area contributed by atoms with Gasteiger partial charge in [-0.25, -0.2) is 4.79 Å². The first-order chi connectivity index (χ1) is 15.3. The summed E-state index contributed by atoms with van der Waals surface area (Å²) in [6.07, 6.45) is -0.00291. The topological polar surface area (TPSA) is 102 Å². The second kappa shape index (κ2) is 10.1. The smallest absolute Gasteiger partial charge is 0.338 e. The summed E-state index contributed by atoms with van der Waals surface area (Å²) in [7, 11) is 0. The number of aryl methyl sites for hydroxylation is 1. The molecule has 2 aromatic carbocycles. The molecule has 0 radical (unpaired) electrons. The van der Waals surface area contributed by atoms with Gasteiger partial charge < -0.3 is 19.7 Å².